The Morgan fingerprint density at radius 1 is 0.489 bits per heavy atom. The van der Waals surface area contributed by atoms with E-state index in [2.05, 4.69) is 58.1 Å². The lowest BCUT2D eigenvalue weighted by Gasteiger charge is -2.17. The quantitative estimate of drug-likeness (QED) is 0.0996. The van der Waals surface area contributed by atoms with E-state index in [1.54, 1.807) is 0 Å². The number of hydrogen-bond donors (Lipinski definition) is 1. The fraction of sp³-hybridized carbons (Fsp3) is 0.698. The molecule has 0 heterocycles. The number of ketones is 1. The maximum absolute atomic E-state index is 13.6. The van der Waals surface area contributed by atoms with Crippen molar-refractivity contribution in [3.05, 3.63) is 57.7 Å². The standard InChI is InChI=1S/C43H70O2/c1-5-9-13-17-21-25-29-40-34-36(32-38(42(40)44)27-23-19-15-11-7-3)31-37-33-39(28-24-20-16-12-8-4)43(45)41(35-37)30-26-22-18-14-10-6-2/h31-35,44H,5-30H2,1-4H3. The van der Waals surface area contributed by atoms with E-state index in [1.165, 1.54) is 121 Å². The third kappa shape index (κ3) is 16.3. The molecular formula is C43H70O2. The van der Waals surface area contributed by atoms with Crippen LogP contribution in [0.4, 0.5) is 0 Å². The molecule has 2 heteroatoms. The molecule has 0 bridgehead atoms. The van der Waals surface area contributed by atoms with Gasteiger partial charge in [-0.1, -0.05) is 143 Å². The van der Waals surface area contributed by atoms with Gasteiger partial charge in [0.1, 0.15) is 5.75 Å². The summed E-state index contributed by atoms with van der Waals surface area (Å²) in [5, 5.41) is 11.3. The molecular weight excluding hydrogens is 548 g/mol. The summed E-state index contributed by atoms with van der Waals surface area (Å²) in [6, 6.07) is 4.45. The van der Waals surface area contributed by atoms with Crippen LogP contribution in [0.2, 0.25) is 0 Å². The number of phenolic OH excluding ortho intramolecular Hbond substituents is 1. The molecule has 0 aromatic heterocycles. The van der Waals surface area contributed by atoms with Gasteiger partial charge in [0.15, 0.2) is 5.78 Å². The number of aromatic hydroxyl groups is 1. The Morgan fingerprint density at radius 3 is 1.20 bits per heavy atom. The molecule has 0 atom stereocenters. The molecule has 0 unspecified atom stereocenters. The Balaban J connectivity index is 2.29. The second-order valence-corrected chi connectivity index (χ2v) is 13.9. The second kappa shape index (κ2) is 25.1. The largest absolute Gasteiger partial charge is 0.507 e. The molecule has 0 radical (unpaired) electrons. The Morgan fingerprint density at radius 2 is 0.822 bits per heavy atom. The van der Waals surface area contributed by atoms with Crippen molar-refractivity contribution in [2.45, 2.75) is 195 Å². The minimum atomic E-state index is 0.290. The van der Waals surface area contributed by atoms with Crippen LogP contribution in [0.1, 0.15) is 198 Å². The number of unbranched alkanes of at least 4 members (excludes halogenated alkanes) is 18. The highest BCUT2D eigenvalue weighted by Crippen LogP contribution is 2.32. The van der Waals surface area contributed by atoms with Gasteiger partial charge in [-0.2, -0.15) is 0 Å². The van der Waals surface area contributed by atoms with Crippen LogP contribution >= 0.6 is 0 Å². The smallest absolute Gasteiger partial charge is 0.185 e. The Hall–Kier alpha value is -2.09. The summed E-state index contributed by atoms with van der Waals surface area (Å²) >= 11 is 0. The topological polar surface area (TPSA) is 37.3 Å². The van der Waals surface area contributed by atoms with Crippen LogP contribution in [0.3, 0.4) is 0 Å². The summed E-state index contributed by atoms with van der Waals surface area (Å²) in [6.07, 6.45) is 37.6. The van der Waals surface area contributed by atoms with E-state index in [0.717, 1.165) is 79.2 Å². The van der Waals surface area contributed by atoms with Gasteiger partial charge in [0.25, 0.3) is 0 Å². The van der Waals surface area contributed by atoms with E-state index in [9.17, 15) is 9.90 Å². The van der Waals surface area contributed by atoms with Crippen molar-refractivity contribution in [2.75, 3.05) is 0 Å². The van der Waals surface area contributed by atoms with Gasteiger partial charge in [-0.3, -0.25) is 4.79 Å². The number of carbonyl (C=O) groups excluding carboxylic acids is 1. The molecule has 0 saturated heterocycles. The van der Waals surface area contributed by atoms with Crippen molar-refractivity contribution in [3.63, 3.8) is 0 Å². The molecule has 45 heavy (non-hydrogen) atoms. The molecule has 0 fully saturated rings. The number of aryl methyl sites for hydroxylation is 2. The van der Waals surface area contributed by atoms with Crippen LogP contribution in [0.5, 0.6) is 5.75 Å². The Bertz CT molecular complexity index is 1040. The van der Waals surface area contributed by atoms with Gasteiger partial charge in [0, 0.05) is 11.1 Å². The predicted octanol–water partition coefficient (Wildman–Crippen LogP) is 13.7. The highest BCUT2D eigenvalue weighted by atomic mass is 16.3. The highest BCUT2D eigenvalue weighted by molar-refractivity contribution is 6.10. The molecule has 0 amide bonds. The van der Waals surface area contributed by atoms with E-state index in [0.29, 0.717) is 11.5 Å². The molecule has 1 N–H and O–H groups in total. The minimum Gasteiger partial charge on any atom is -0.507 e. The summed E-state index contributed by atoms with van der Waals surface area (Å²) in [6.45, 7) is 9.04. The average molecular weight is 619 g/mol. The van der Waals surface area contributed by atoms with Crippen LogP contribution in [0.25, 0.3) is 6.08 Å². The number of allylic oxidation sites excluding steroid dienone is 5. The van der Waals surface area contributed by atoms with Crippen molar-refractivity contribution in [2.24, 2.45) is 0 Å². The third-order valence-corrected chi connectivity index (χ3v) is 9.59. The first-order valence-corrected chi connectivity index (χ1v) is 19.6. The van der Waals surface area contributed by atoms with E-state index in [4.69, 9.17) is 0 Å². The van der Waals surface area contributed by atoms with Crippen LogP contribution in [-0.2, 0) is 17.6 Å². The Labute approximate surface area is 279 Å². The zero-order valence-corrected chi connectivity index (χ0v) is 30.1. The van der Waals surface area contributed by atoms with Crippen molar-refractivity contribution in [1.82, 2.24) is 0 Å². The number of phenols is 1. The second-order valence-electron chi connectivity index (χ2n) is 13.9. The summed E-state index contributed by atoms with van der Waals surface area (Å²) < 4.78 is 0. The first-order valence-electron chi connectivity index (χ1n) is 19.6. The van der Waals surface area contributed by atoms with Crippen molar-refractivity contribution < 1.29 is 9.90 Å². The zero-order chi connectivity index (χ0) is 32.5. The minimum absolute atomic E-state index is 0.290. The third-order valence-electron chi connectivity index (χ3n) is 9.59. The lowest BCUT2D eigenvalue weighted by Crippen LogP contribution is -2.11. The highest BCUT2D eigenvalue weighted by Gasteiger charge is 2.20. The summed E-state index contributed by atoms with van der Waals surface area (Å²) in [7, 11) is 0. The number of carbonyl (C=O) groups is 1. The molecule has 2 nitrogen and oxygen atoms in total. The van der Waals surface area contributed by atoms with E-state index >= 15 is 0 Å². The van der Waals surface area contributed by atoms with Gasteiger partial charge in [0.2, 0.25) is 0 Å². The summed E-state index contributed by atoms with van der Waals surface area (Å²) in [5.74, 6) is 0.820. The molecule has 2 rings (SSSR count). The van der Waals surface area contributed by atoms with Gasteiger partial charge in [-0.05, 0) is 104 Å². The molecule has 0 aliphatic heterocycles. The average Bonchev–Trinajstić information content (AvgIpc) is 3.03. The Kier molecular flexibility index (Phi) is 21.8. The first-order chi connectivity index (χ1) is 22.0. The SMILES string of the molecule is CCCCCCCCC1=CC(=Cc2cc(CCCCCCC)c(O)c(CCCCCCCC)c2)C=C(CCCCCCC)C1=O. The van der Waals surface area contributed by atoms with Gasteiger partial charge in [-0.15, -0.1) is 0 Å². The van der Waals surface area contributed by atoms with Crippen LogP contribution in [0, 0.1) is 0 Å². The van der Waals surface area contributed by atoms with Crippen LogP contribution in [-0.4, -0.2) is 10.9 Å². The molecule has 1 aromatic rings. The fourth-order valence-corrected chi connectivity index (χ4v) is 6.71. The zero-order valence-electron chi connectivity index (χ0n) is 30.1. The van der Waals surface area contributed by atoms with Gasteiger partial charge in [0.05, 0.1) is 0 Å². The van der Waals surface area contributed by atoms with E-state index < -0.39 is 0 Å². The monoisotopic (exact) mass is 619 g/mol. The molecule has 1 aliphatic carbocycles. The van der Waals surface area contributed by atoms with Gasteiger partial charge in [-0.25, -0.2) is 0 Å². The van der Waals surface area contributed by atoms with Crippen LogP contribution < -0.4 is 0 Å². The van der Waals surface area contributed by atoms with Crippen molar-refractivity contribution in [1.29, 1.82) is 0 Å². The normalized spacial score (nSPS) is 14.3. The number of rotatable bonds is 27. The fourth-order valence-electron chi connectivity index (χ4n) is 6.71. The molecule has 0 saturated carbocycles. The van der Waals surface area contributed by atoms with Crippen molar-refractivity contribution >= 4 is 11.9 Å². The summed E-state index contributed by atoms with van der Waals surface area (Å²) in [5.41, 5.74) is 6.55. The summed E-state index contributed by atoms with van der Waals surface area (Å²) in [4.78, 5) is 13.6. The van der Waals surface area contributed by atoms with Crippen LogP contribution in [0.15, 0.2) is 41.0 Å². The van der Waals surface area contributed by atoms with E-state index in [-0.39, 0.29) is 0 Å². The number of benzene rings is 1. The predicted molar refractivity (Wildman–Crippen MR) is 198 cm³/mol. The van der Waals surface area contributed by atoms with Crippen molar-refractivity contribution in [3.8, 4) is 5.75 Å². The van der Waals surface area contributed by atoms with E-state index in [1.807, 2.05) is 0 Å². The van der Waals surface area contributed by atoms with Gasteiger partial charge >= 0.3 is 0 Å². The lowest BCUT2D eigenvalue weighted by molar-refractivity contribution is -0.112. The van der Waals surface area contributed by atoms with Gasteiger partial charge < -0.3 is 5.11 Å². The molecule has 0 spiro atoms. The molecule has 1 aliphatic rings. The lowest BCUT2D eigenvalue weighted by atomic mass is 9.87. The maximum atomic E-state index is 13.6. The number of Topliss-reactive ketones (excluding diaryl/α,β-unsaturated/α-hetero) is 1. The first kappa shape index (κ1) is 39.1. The number of hydrogen-bond acceptors (Lipinski definition) is 2. The maximum Gasteiger partial charge on any atom is 0.185 e. The molecule has 1 aromatic carbocycles. The molecule has 254 valence electrons.